The van der Waals surface area contributed by atoms with Crippen molar-refractivity contribution in [3.05, 3.63) is 78.5 Å². The Morgan fingerprint density at radius 3 is 2.77 bits per heavy atom. The van der Waals surface area contributed by atoms with Crippen LogP contribution < -0.4 is 33.8 Å². The molecule has 2 aliphatic rings. The maximum atomic E-state index is 14.0. The molecule has 3 aromatic rings. The third kappa shape index (κ3) is 5.02. The SMILES string of the molecule is CCOc1c(OC)cccc1[C@H]1C(C(=O)OCCOC)=C(C)N=c2s/c(=C/c3ccc4c(c3)OCO4)c(=O)n21. The third-order valence-corrected chi connectivity index (χ3v) is 7.25. The molecule has 0 radical (unpaired) electrons. The van der Waals surface area contributed by atoms with Crippen molar-refractivity contribution in [3.8, 4) is 23.0 Å². The van der Waals surface area contributed by atoms with Gasteiger partial charge in [0.25, 0.3) is 5.56 Å². The van der Waals surface area contributed by atoms with Crippen LogP contribution in [0.15, 0.2) is 57.5 Å². The van der Waals surface area contributed by atoms with Crippen LogP contribution in [0.2, 0.25) is 0 Å². The molecule has 0 amide bonds. The summed E-state index contributed by atoms with van der Waals surface area (Å²) >= 11 is 1.23. The van der Waals surface area contributed by atoms with Crippen LogP contribution in [0.25, 0.3) is 6.08 Å². The van der Waals surface area contributed by atoms with E-state index in [-0.39, 0.29) is 31.1 Å². The fraction of sp³-hybridized carbons (Fsp3) is 0.321. The van der Waals surface area contributed by atoms with E-state index in [1.807, 2.05) is 25.1 Å². The summed E-state index contributed by atoms with van der Waals surface area (Å²) in [5, 5.41) is 0. The number of rotatable bonds is 9. The number of thiazole rings is 1. The molecule has 0 saturated heterocycles. The van der Waals surface area contributed by atoms with Gasteiger partial charge in [-0.15, -0.1) is 0 Å². The zero-order chi connectivity index (χ0) is 27.5. The van der Waals surface area contributed by atoms with Gasteiger partial charge in [0.05, 0.1) is 36.1 Å². The molecule has 2 aliphatic heterocycles. The molecule has 10 nitrogen and oxygen atoms in total. The van der Waals surface area contributed by atoms with Gasteiger partial charge in [-0.2, -0.15) is 0 Å². The number of ether oxygens (including phenoxy) is 6. The highest BCUT2D eigenvalue weighted by Crippen LogP contribution is 2.41. The molecule has 0 unspecified atom stereocenters. The maximum absolute atomic E-state index is 14.0. The number of carbonyl (C=O) groups is 1. The number of hydrogen-bond acceptors (Lipinski definition) is 10. The first kappa shape index (κ1) is 26.5. The van der Waals surface area contributed by atoms with Gasteiger partial charge < -0.3 is 28.4 Å². The van der Waals surface area contributed by atoms with Crippen molar-refractivity contribution >= 4 is 23.4 Å². The van der Waals surface area contributed by atoms with Crippen LogP contribution in [-0.4, -0.2) is 51.4 Å². The van der Waals surface area contributed by atoms with Gasteiger partial charge in [0.1, 0.15) is 12.6 Å². The summed E-state index contributed by atoms with van der Waals surface area (Å²) in [6, 6.07) is 9.99. The quantitative estimate of drug-likeness (QED) is 0.295. The van der Waals surface area contributed by atoms with Crippen molar-refractivity contribution in [2.45, 2.75) is 19.9 Å². The average molecular weight is 553 g/mol. The molecule has 5 rings (SSSR count). The number of allylic oxidation sites excluding steroid dienone is 1. The molecule has 0 aliphatic carbocycles. The third-order valence-electron chi connectivity index (χ3n) is 6.27. The Hall–Kier alpha value is -4.09. The van der Waals surface area contributed by atoms with Crippen molar-refractivity contribution in [1.82, 2.24) is 4.57 Å². The average Bonchev–Trinajstić information content (AvgIpc) is 3.52. The first-order valence-corrected chi connectivity index (χ1v) is 13.2. The van der Waals surface area contributed by atoms with E-state index in [2.05, 4.69) is 4.99 Å². The smallest absolute Gasteiger partial charge is 0.338 e. The Balaban J connectivity index is 1.70. The summed E-state index contributed by atoms with van der Waals surface area (Å²) < 4.78 is 34.9. The number of esters is 1. The number of nitrogens with zero attached hydrogens (tertiary/aromatic N) is 2. The van der Waals surface area contributed by atoms with Crippen molar-refractivity contribution in [1.29, 1.82) is 0 Å². The van der Waals surface area contributed by atoms with E-state index < -0.39 is 12.0 Å². The summed E-state index contributed by atoms with van der Waals surface area (Å²) in [6.07, 6.45) is 1.77. The molecular weight excluding hydrogens is 524 g/mol. The van der Waals surface area contributed by atoms with Gasteiger partial charge in [0.15, 0.2) is 27.8 Å². The van der Waals surface area contributed by atoms with Gasteiger partial charge >= 0.3 is 5.97 Å². The highest BCUT2D eigenvalue weighted by atomic mass is 32.1. The molecule has 0 fully saturated rings. The van der Waals surface area contributed by atoms with Crippen molar-refractivity contribution in [3.63, 3.8) is 0 Å². The van der Waals surface area contributed by atoms with Crippen molar-refractivity contribution in [2.24, 2.45) is 4.99 Å². The van der Waals surface area contributed by atoms with Gasteiger partial charge in [-0.3, -0.25) is 9.36 Å². The standard InChI is InChI=1S/C28H28N2O8S/c1-5-35-25-18(7-6-8-20(25)34-4)24-23(27(32)36-12-11-33-3)16(2)29-28-30(24)26(31)22(39-28)14-17-9-10-19-21(13-17)38-15-37-19/h6-10,13-14,24H,5,11-12,15H2,1-4H3/b22-14+/t24-/m0/s1. The summed E-state index contributed by atoms with van der Waals surface area (Å²) in [7, 11) is 3.07. The molecule has 1 aromatic heterocycles. The Labute approximate surface area is 228 Å². The zero-order valence-electron chi connectivity index (χ0n) is 22.0. The minimum absolute atomic E-state index is 0.0593. The minimum atomic E-state index is -0.855. The molecule has 3 heterocycles. The lowest BCUT2D eigenvalue weighted by atomic mass is 9.94. The van der Waals surface area contributed by atoms with E-state index in [1.165, 1.54) is 23.0 Å². The lowest BCUT2D eigenvalue weighted by molar-refractivity contribution is -0.140. The lowest BCUT2D eigenvalue weighted by Gasteiger charge is -2.27. The number of hydrogen-bond donors (Lipinski definition) is 0. The number of fused-ring (bicyclic) bond motifs is 2. The second-order valence-electron chi connectivity index (χ2n) is 8.63. The van der Waals surface area contributed by atoms with E-state index in [9.17, 15) is 9.59 Å². The summed E-state index contributed by atoms with van der Waals surface area (Å²) in [5.74, 6) is 1.60. The van der Waals surface area contributed by atoms with Gasteiger partial charge in [-0.1, -0.05) is 29.5 Å². The zero-order valence-corrected chi connectivity index (χ0v) is 22.8. The Bertz CT molecular complexity index is 1620. The lowest BCUT2D eigenvalue weighted by Crippen LogP contribution is -2.40. The minimum Gasteiger partial charge on any atom is -0.493 e. The topological polar surface area (TPSA) is 107 Å². The van der Waals surface area contributed by atoms with E-state index in [1.54, 1.807) is 38.3 Å². The predicted molar refractivity (Wildman–Crippen MR) is 143 cm³/mol. The summed E-state index contributed by atoms with van der Waals surface area (Å²) in [5.41, 5.74) is 1.74. The van der Waals surface area contributed by atoms with Crippen LogP contribution in [-0.2, 0) is 14.3 Å². The normalized spacial score (nSPS) is 16.1. The first-order valence-electron chi connectivity index (χ1n) is 12.3. The molecule has 11 heteroatoms. The molecule has 2 aromatic carbocycles. The second kappa shape index (κ2) is 11.3. The van der Waals surface area contributed by atoms with E-state index in [4.69, 9.17) is 28.4 Å². The Morgan fingerprint density at radius 1 is 1.18 bits per heavy atom. The van der Waals surface area contributed by atoms with Crippen LogP contribution in [0.3, 0.4) is 0 Å². The summed E-state index contributed by atoms with van der Waals surface area (Å²) in [4.78, 5) is 32.5. The molecule has 39 heavy (non-hydrogen) atoms. The number of benzene rings is 2. The van der Waals surface area contributed by atoms with Gasteiger partial charge in [-0.25, -0.2) is 9.79 Å². The number of methoxy groups -OCH3 is 2. The Kier molecular flexibility index (Phi) is 7.71. The fourth-order valence-corrected chi connectivity index (χ4v) is 5.58. The highest BCUT2D eigenvalue weighted by Gasteiger charge is 2.36. The molecule has 0 bridgehead atoms. The highest BCUT2D eigenvalue weighted by molar-refractivity contribution is 7.07. The molecule has 0 N–H and O–H groups in total. The summed E-state index contributed by atoms with van der Waals surface area (Å²) in [6.45, 7) is 4.40. The van der Waals surface area contributed by atoms with Crippen LogP contribution in [0, 0.1) is 0 Å². The number of aromatic nitrogens is 1. The second-order valence-corrected chi connectivity index (χ2v) is 9.64. The maximum Gasteiger partial charge on any atom is 0.338 e. The van der Waals surface area contributed by atoms with Gasteiger partial charge in [0.2, 0.25) is 6.79 Å². The van der Waals surface area contributed by atoms with Crippen LogP contribution in [0.5, 0.6) is 23.0 Å². The molecular formula is C28H28N2O8S. The fourth-order valence-electron chi connectivity index (χ4n) is 4.53. The molecule has 204 valence electrons. The van der Waals surface area contributed by atoms with Crippen molar-refractivity contribution in [2.75, 3.05) is 40.8 Å². The number of carbonyl (C=O) groups excluding carboxylic acids is 1. The first-order chi connectivity index (χ1) is 19.0. The van der Waals surface area contributed by atoms with E-state index in [0.29, 0.717) is 50.2 Å². The van der Waals surface area contributed by atoms with Gasteiger partial charge in [0, 0.05) is 12.7 Å². The van der Waals surface area contributed by atoms with E-state index >= 15 is 0 Å². The largest absolute Gasteiger partial charge is 0.493 e. The van der Waals surface area contributed by atoms with Crippen LogP contribution in [0.1, 0.15) is 31.0 Å². The monoisotopic (exact) mass is 552 g/mol. The molecule has 0 spiro atoms. The number of para-hydroxylation sites is 1. The molecule has 0 saturated carbocycles. The van der Waals surface area contributed by atoms with Crippen LogP contribution >= 0.6 is 11.3 Å². The predicted octanol–water partition coefficient (Wildman–Crippen LogP) is 2.56. The van der Waals surface area contributed by atoms with Gasteiger partial charge in [-0.05, 0) is 43.7 Å². The van der Waals surface area contributed by atoms with Crippen molar-refractivity contribution < 1.29 is 33.2 Å². The molecule has 1 atom stereocenters. The van der Waals surface area contributed by atoms with E-state index in [0.717, 1.165) is 5.56 Å². The van der Waals surface area contributed by atoms with Crippen LogP contribution in [0.4, 0.5) is 0 Å². The Morgan fingerprint density at radius 2 is 2.00 bits per heavy atom.